The second-order valence-electron chi connectivity index (χ2n) is 5.22. The Hall–Kier alpha value is -1.61. The van der Waals surface area contributed by atoms with Crippen molar-refractivity contribution in [3.8, 4) is 5.69 Å². The van der Waals surface area contributed by atoms with Crippen LogP contribution >= 0.6 is 0 Å². The Morgan fingerprint density at radius 1 is 1.18 bits per heavy atom. The van der Waals surface area contributed by atoms with Crippen molar-refractivity contribution in [2.45, 2.75) is 32.7 Å². The summed E-state index contributed by atoms with van der Waals surface area (Å²) in [5.74, 6) is 0. The highest BCUT2D eigenvalue weighted by Crippen LogP contribution is 2.25. The molecule has 0 atom stereocenters. The number of nitrogens with zero attached hydrogens (tertiary/aromatic N) is 2. The zero-order valence-electron chi connectivity index (χ0n) is 10.6. The van der Waals surface area contributed by atoms with Gasteiger partial charge in [-0.3, -0.25) is 0 Å². The van der Waals surface area contributed by atoms with E-state index < -0.39 is 0 Å². The molecule has 3 nitrogen and oxygen atoms in total. The minimum absolute atomic E-state index is 0.0518. The summed E-state index contributed by atoms with van der Waals surface area (Å²) in [5, 5.41) is 4.56. The molecule has 0 spiro atoms. The molecule has 2 N–H and O–H groups in total. The van der Waals surface area contributed by atoms with Gasteiger partial charge in [-0.25, -0.2) is 4.68 Å². The van der Waals surface area contributed by atoms with Gasteiger partial charge in [-0.2, -0.15) is 5.10 Å². The summed E-state index contributed by atoms with van der Waals surface area (Å²) in [6.45, 7) is 7.03. The van der Waals surface area contributed by atoms with Crippen molar-refractivity contribution in [2.75, 3.05) is 0 Å². The summed E-state index contributed by atoms with van der Waals surface area (Å²) in [6.07, 6.45) is 0. The third kappa shape index (κ3) is 2.39. The maximum atomic E-state index is 5.68. The van der Waals surface area contributed by atoms with Gasteiger partial charge in [-0.15, -0.1) is 0 Å². The fraction of sp³-hybridized carbons (Fsp3) is 0.357. The number of aromatic nitrogens is 2. The van der Waals surface area contributed by atoms with Crippen LogP contribution in [0.2, 0.25) is 0 Å². The maximum Gasteiger partial charge on any atom is 0.0767 e. The highest BCUT2D eigenvalue weighted by atomic mass is 15.3. The van der Waals surface area contributed by atoms with Gasteiger partial charge in [0.1, 0.15) is 0 Å². The average molecular weight is 229 g/mol. The van der Waals surface area contributed by atoms with Crippen molar-refractivity contribution in [2.24, 2.45) is 5.73 Å². The van der Waals surface area contributed by atoms with Crippen LogP contribution in [0.5, 0.6) is 0 Å². The summed E-state index contributed by atoms with van der Waals surface area (Å²) < 4.78 is 1.99. The van der Waals surface area contributed by atoms with Gasteiger partial charge in [0.15, 0.2) is 0 Å². The number of hydrogen-bond donors (Lipinski definition) is 1. The molecule has 2 rings (SSSR count). The lowest BCUT2D eigenvalue weighted by molar-refractivity contribution is 0.543. The molecule has 0 unspecified atom stereocenters. The molecule has 0 radical (unpaired) electrons. The van der Waals surface area contributed by atoms with Crippen LogP contribution in [0.3, 0.4) is 0 Å². The largest absolute Gasteiger partial charge is 0.325 e. The number of nitrogens with two attached hydrogens (primary N) is 1. The lowest BCUT2D eigenvalue weighted by atomic mass is 9.91. The SMILES string of the molecule is CC(C)(C)c1cc(CN)nn1-c1ccccc1. The molecule has 0 bridgehead atoms. The maximum absolute atomic E-state index is 5.68. The van der Waals surface area contributed by atoms with E-state index in [2.05, 4.69) is 44.1 Å². The van der Waals surface area contributed by atoms with E-state index in [4.69, 9.17) is 5.73 Å². The summed E-state index contributed by atoms with van der Waals surface area (Å²) >= 11 is 0. The van der Waals surface area contributed by atoms with Crippen LogP contribution in [0.1, 0.15) is 32.2 Å². The molecular weight excluding hydrogens is 210 g/mol. The van der Waals surface area contributed by atoms with Gasteiger partial charge in [0.25, 0.3) is 0 Å². The molecule has 1 aromatic heterocycles. The Labute approximate surface area is 102 Å². The highest BCUT2D eigenvalue weighted by Gasteiger charge is 2.21. The normalized spacial score (nSPS) is 11.8. The van der Waals surface area contributed by atoms with Crippen molar-refractivity contribution in [3.63, 3.8) is 0 Å². The van der Waals surface area contributed by atoms with Crippen molar-refractivity contribution in [3.05, 3.63) is 47.8 Å². The third-order valence-corrected chi connectivity index (χ3v) is 2.74. The van der Waals surface area contributed by atoms with Crippen LogP contribution in [0.25, 0.3) is 5.69 Å². The molecule has 17 heavy (non-hydrogen) atoms. The molecule has 0 saturated carbocycles. The van der Waals surface area contributed by atoms with Gasteiger partial charge in [-0.05, 0) is 18.2 Å². The van der Waals surface area contributed by atoms with Crippen LogP contribution in [-0.2, 0) is 12.0 Å². The third-order valence-electron chi connectivity index (χ3n) is 2.74. The van der Waals surface area contributed by atoms with E-state index in [1.54, 1.807) is 0 Å². The van der Waals surface area contributed by atoms with Gasteiger partial charge >= 0.3 is 0 Å². The molecule has 90 valence electrons. The summed E-state index contributed by atoms with van der Waals surface area (Å²) in [5.41, 5.74) is 8.92. The van der Waals surface area contributed by atoms with E-state index in [-0.39, 0.29) is 5.41 Å². The molecule has 0 fully saturated rings. The molecule has 3 heteroatoms. The molecule has 0 aliphatic carbocycles. The summed E-state index contributed by atoms with van der Waals surface area (Å²) in [6, 6.07) is 12.3. The summed E-state index contributed by atoms with van der Waals surface area (Å²) in [4.78, 5) is 0. The summed E-state index contributed by atoms with van der Waals surface area (Å²) in [7, 11) is 0. The Morgan fingerprint density at radius 3 is 2.35 bits per heavy atom. The van der Waals surface area contributed by atoms with E-state index in [0.717, 1.165) is 11.4 Å². The van der Waals surface area contributed by atoms with Gasteiger partial charge in [-0.1, -0.05) is 39.0 Å². The van der Waals surface area contributed by atoms with E-state index in [9.17, 15) is 0 Å². The molecule has 0 aliphatic heterocycles. The Balaban J connectivity index is 2.57. The zero-order chi connectivity index (χ0) is 12.5. The van der Waals surface area contributed by atoms with Gasteiger partial charge in [0.2, 0.25) is 0 Å². The van der Waals surface area contributed by atoms with Crippen LogP contribution in [0.4, 0.5) is 0 Å². The molecule has 2 aromatic rings. The van der Waals surface area contributed by atoms with E-state index in [1.165, 1.54) is 5.69 Å². The van der Waals surface area contributed by atoms with E-state index in [1.807, 2.05) is 22.9 Å². The molecule has 0 amide bonds. The molecule has 1 aromatic carbocycles. The fourth-order valence-corrected chi connectivity index (χ4v) is 1.83. The van der Waals surface area contributed by atoms with Crippen molar-refractivity contribution in [1.29, 1.82) is 0 Å². The van der Waals surface area contributed by atoms with E-state index in [0.29, 0.717) is 6.54 Å². The number of para-hydroxylation sites is 1. The first-order chi connectivity index (χ1) is 8.02. The highest BCUT2D eigenvalue weighted by molar-refractivity contribution is 5.35. The minimum Gasteiger partial charge on any atom is -0.325 e. The number of rotatable bonds is 2. The number of benzene rings is 1. The van der Waals surface area contributed by atoms with Gasteiger partial charge in [0, 0.05) is 17.7 Å². The second-order valence-corrected chi connectivity index (χ2v) is 5.22. The quantitative estimate of drug-likeness (QED) is 0.860. The van der Waals surface area contributed by atoms with Crippen LogP contribution in [-0.4, -0.2) is 9.78 Å². The van der Waals surface area contributed by atoms with Crippen molar-refractivity contribution in [1.82, 2.24) is 9.78 Å². The van der Waals surface area contributed by atoms with Crippen LogP contribution < -0.4 is 5.73 Å². The predicted molar refractivity (Wildman–Crippen MR) is 70.2 cm³/mol. The minimum atomic E-state index is 0.0518. The van der Waals surface area contributed by atoms with Crippen molar-refractivity contribution >= 4 is 0 Å². The van der Waals surface area contributed by atoms with Gasteiger partial charge < -0.3 is 5.73 Å². The van der Waals surface area contributed by atoms with Crippen LogP contribution in [0, 0.1) is 0 Å². The first kappa shape index (κ1) is 11.9. The Morgan fingerprint density at radius 2 is 1.82 bits per heavy atom. The number of hydrogen-bond acceptors (Lipinski definition) is 2. The first-order valence-corrected chi connectivity index (χ1v) is 5.87. The monoisotopic (exact) mass is 229 g/mol. The Kier molecular flexibility index (Phi) is 3.03. The zero-order valence-corrected chi connectivity index (χ0v) is 10.6. The van der Waals surface area contributed by atoms with Crippen LogP contribution in [0.15, 0.2) is 36.4 Å². The van der Waals surface area contributed by atoms with E-state index >= 15 is 0 Å². The molecular formula is C14H19N3. The fourth-order valence-electron chi connectivity index (χ4n) is 1.83. The molecule has 1 heterocycles. The van der Waals surface area contributed by atoms with Gasteiger partial charge in [0.05, 0.1) is 11.4 Å². The Bertz CT molecular complexity index is 492. The smallest absolute Gasteiger partial charge is 0.0767 e. The lowest BCUT2D eigenvalue weighted by Gasteiger charge is -2.20. The van der Waals surface area contributed by atoms with Crippen molar-refractivity contribution < 1.29 is 0 Å². The topological polar surface area (TPSA) is 43.8 Å². The lowest BCUT2D eigenvalue weighted by Crippen LogP contribution is -2.17. The second kappa shape index (κ2) is 4.34. The first-order valence-electron chi connectivity index (χ1n) is 5.87. The predicted octanol–water partition coefficient (Wildman–Crippen LogP) is 2.63. The average Bonchev–Trinajstić information content (AvgIpc) is 2.74. The molecule has 0 saturated heterocycles. The molecule has 0 aliphatic rings. The standard InChI is InChI=1S/C14H19N3/c1-14(2,3)13-9-11(10-15)16-17(13)12-7-5-4-6-8-12/h4-9H,10,15H2,1-3H3.